The summed E-state index contributed by atoms with van der Waals surface area (Å²) in [5.41, 5.74) is 4.16. The molecule has 4 rings (SSSR count). The van der Waals surface area contributed by atoms with Gasteiger partial charge in [0.25, 0.3) is 5.91 Å². The number of nitrogens with zero attached hydrogens (tertiary/aromatic N) is 3. The molecule has 28 heavy (non-hydrogen) atoms. The van der Waals surface area contributed by atoms with Crippen LogP contribution in [-0.4, -0.2) is 33.3 Å². The highest BCUT2D eigenvalue weighted by molar-refractivity contribution is 7.03. The monoisotopic (exact) mass is 392 g/mol. The number of rotatable bonds is 7. The van der Waals surface area contributed by atoms with Crippen LogP contribution in [0, 0.1) is 5.92 Å². The number of nitrogens with one attached hydrogen (secondary N) is 1. The fourth-order valence-electron chi connectivity index (χ4n) is 3.69. The van der Waals surface area contributed by atoms with E-state index in [9.17, 15) is 4.79 Å². The highest BCUT2D eigenvalue weighted by Gasteiger charge is 2.22. The molecule has 6 heteroatoms. The largest absolute Gasteiger partial charge is 0.346 e. The Hall–Kier alpha value is -2.57. The Kier molecular flexibility index (Phi) is 6.09. The van der Waals surface area contributed by atoms with Gasteiger partial charge in [0.1, 0.15) is 0 Å². The van der Waals surface area contributed by atoms with Gasteiger partial charge in [-0.05, 0) is 72.2 Å². The zero-order valence-corrected chi connectivity index (χ0v) is 16.6. The molecule has 0 aliphatic carbocycles. The lowest BCUT2D eigenvalue weighted by Gasteiger charge is -2.15. The number of benzene rings is 1. The molecular weight excluding hydrogens is 368 g/mol. The molecule has 1 saturated heterocycles. The highest BCUT2D eigenvalue weighted by atomic mass is 32.1. The second kappa shape index (κ2) is 9.08. The topological polar surface area (TPSA) is 58.1 Å². The van der Waals surface area contributed by atoms with E-state index < -0.39 is 0 Å². The van der Waals surface area contributed by atoms with Crippen molar-refractivity contribution in [1.82, 2.24) is 19.6 Å². The number of carbonyl (C=O) groups is 1. The molecule has 1 aliphatic rings. The van der Waals surface area contributed by atoms with Crippen LogP contribution in [-0.2, 0) is 19.5 Å². The Morgan fingerprint density at radius 2 is 2.07 bits per heavy atom. The van der Waals surface area contributed by atoms with E-state index in [-0.39, 0.29) is 5.91 Å². The molecule has 1 fully saturated rings. The van der Waals surface area contributed by atoms with Crippen molar-refractivity contribution in [3.05, 3.63) is 82.6 Å². The number of aromatic nitrogens is 2. The predicted molar refractivity (Wildman–Crippen MR) is 111 cm³/mol. The molecule has 144 valence electrons. The van der Waals surface area contributed by atoms with Gasteiger partial charge in [-0.1, -0.05) is 18.2 Å². The average Bonchev–Trinajstić information content (AvgIpc) is 3.40. The Balaban J connectivity index is 1.26. The number of likely N-dealkylation sites (tertiary alicyclic amines) is 1. The van der Waals surface area contributed by atoms with Crippen molar-refractivity contribution >= 4 is 17.4 Å². The normalized spacial score (nSPS) is 16.9. The van der Waals surface area contributed by atoms with Gasteiger partial charge in [-0.3, -0.25) is 14.7 Å². The number of hydrogen-bond acceptors (Lipinski definition) is 5. The van der Waals surface area contributed by atoms with Crippen LogP contribution in [0.1, 0.15) is 33.6 Å². The van der Waals surface area contributed by atoms with Gasteiger partial charge >= 0.3 is 0 Å². The third-order valence-electron chi connectivity index (χ3n) is 5.16. The van der Waals surface area contributed by atoms with Gasteiger partial charge in [-0.2, -0.15) is 0 Å². The molecule has 3 aromatic rings. The van der Waals surface area contributed by atoms with Crippen LogP contribution in [0.4, 0.5) is 0 Å². The molecule has 0 radical (unpaired) electrons. The molecule has 1 atom stereocenters. The minimum atomic E-state index is -0.0615. The van der Waals surface area contributed by atoms with E-state index in [4.69, 9.17) is 0 Å². The highest BCUT2D eigenvalue weighted by Crippen LogP contribution is 2.23. The van der Waals surface area contributed by atoms with Gasteiger partial charge in [-0.25, -0.2) is 4.37 Å². The van der Waals surface area contributed by atoms with Gasteiger partial charge in [0, 0.05) is 36.4 Å². The minimum Gasteiger partial charge on any atom is -0.346 e. The summed E-state index contributed by atoms with van der Waals surface area (Å²) in [7, 11) is 0. The maximum Gasteiger partial charge on any atom is 0.251 e. The van der Waals surface area contributed by atoms with Gasteiger partial charge in [0.15, 0.2) is 0 Å². The fraction of sp³-hybridized carbons (Fsp3) is 0.318. The molecule has 1 aromatic carbocycles. The van der Waals surface area contributed by atoms with E-state index in [1.165, 1.54) is 29.1 Å². The molecule has 1 N–H and O–H groups in total. The maximum atomic E-state index is 12.3. The van der Waals surface area contributed by atoms with Crippen LogP contribution < -0.4 is 5.32 Å². The summed E-state index contributed by atoms with van der Waals surface area (Å²) in [6, 6.07) is 13.7. The van der Waals surface area contributed by atoms with Crippen molar-refractivity contribution in [2.45, 2.75) is 25.9 Å². The third kappa shape index (κ3) is 5.03. The summed E-state index contributed by atoms with van der Waals surface area (Å²) >= 11 is 1.52. The quantitative estimate of drug-likeness (QED) is 0.668. The van der Waals surface area contributed by atoms with Crippen LogP contribution in [0.5, 0.6) is 0 Å². The molecule has 0 spiro atoms. The first-order valence-corrected chi connectivity index (χ1v) is 10.5. The molecule has 5 nitrogen and oxygen atoms in total. The number of hydrogen-bond donors (Lipinski definition) is 1. The van der Waals surface area contributed by atoms with Crippen LogP contribution in [0.3, 0.4) is 0 Å². The van der Waals surface area contributed by atoms with E-state index in [1.807, 2.05) is 36.5 Å². The number of pyridine rings is 1. The summed E-state index contributed by atoms with van der Waals surface area (Å²) in [4.78, 5) is 19.0. The lowest BCUT2D eigenvalue weighted by Crippen LogP contribution is -2.23. The van der Waals surface area contributed by atoms with E-state index in [0.29, 0.717) is 18.0 Å². The smallest absolute Gasteiger partial charge is 0.251 e. The van der Waals surface area contributed by atoms with E-state index in [0.717, 1.165) is 31.7 Å². The van der Waals surface area contributed by atoms with Crippen LogP contribution in [0.15, 0.2) is 60.2 Å². The maximum absolute atomic E-state index is 12.3. The molecule has 2 aromatic heterocycles. The molecule has 1 aliphatic heterocycles. The Bertz CT molecular complexity index is 881. The lowest BCUT2D eigenvalue weighted by atomic mass is 9.98. The number of carbonyl (C=O) groups excluding carboxylic acids is 1. The fourth-order valence-corrected chi connectivity index (χ4v) is 4.22. The minimum absolute atomic E-state index is 0.0615. The lowest BCUT2D eigenvalue weighted by molar-refractivity contribution is 0.0950. The van der Waals surface area contributed by atoms with Crippen molar-refractivity contribution in [1.29, 1.82) is 0 Å². The van der Waals surface area contributed by atoms with Gasteiger partial charge < -0.3 is 5.32 Å². The first kappa shape index (κ1) is 18.8. The van der Waals surface area contributed by atoms with Crippen LogP contribution in [0.2, 0.25) is 0 Å². The summed E-state index contributed by atoms with van der Waals surface area (Å²) in [6.07, 6.45) is 5.99. The molecule has 1 amide bonds. The average molecular weight is 393 g/mol. The van der Waals surface area contributed by atoms with E-state index in [1.54, 1.807) is 6.20 Å². The molecule has 0 saturated carbocycles. The third-order valence-corrected chi connectivity index (χ3v) is 5.79. The Labute approximate surface area is 169 Å². The van der Waals surface area contributed by atoms with Gasteiger partial charge in [-0.15, -0.1) is 0 Å². The molecule has 1 unspecified atom stereocenters. The number of amides is 1. The van der Waals surface area contributed by atoms with E-state index >= 15 is 0 Å². The molecule has 0 bridgehead atoms. The van der Waals surface area contributed by atoms with Crippen molar-refractivity contribution < 1.29 is 4.79 Å². The second-order valence-electron chi connectivity index (χ2n) is 7.33. The summed E-state index contributed by atoms with van der Waals surface area (Å²) in [5, 5.41) is 5.05. The SMILES string of the molecule is O=C(NCc1ccccn1)c1ccc(CC2CCN(Cc3cnsc3)C2)cc1. The zero-order valence-electron chi connectivity index (χ0n) is 15.8. The van der Waals surface area contributed by atoms with Crippen molar-refractivity contribution in [3.63, 3.8) is 0 Å². The molecular formula is C22H24N4OS. The van der Waals surface area contributed by atoms with Crippen LogP contribution >= 0.6 is 11.5 Å². The van der Waals surface area contributed by atoms with E-state index in [2.05, 4.69) is 37.1 Å². The summed E-state index contributed by atoms with van der Waals surface area (Å²) in [5.74, 6) is 0.615. The Morgan fingerprint density at radius 3 is 2.82 bits per heavy atom. The van der Waals surface area contributed by atoms with Gasteiger partial charge in [0.2, 0.25) is 0 Å². The van der Waals surface area contributed by atoms with Crippen molar-refractivity contribution in [2.75, 3.05) is 13.1 Å². The standard InChI is InChI=1S/C22H24N4OS/c27-22(24-13-21-3-1-2-9-23-21)20-6-4-17(5-7-20)11-18-8-10-26(14-18)15-19-12-25-28-16-19/h1-7,9,12,16,18H,8,10-11,13-15H2,(H,24,27). The molecule has 3 heterocycles. The first-order chi connectivity index (χ1) is 13.8. The summed E-state index contributed by atoms with van der Waals surface area (Å²) in [6.45, 7) is 3.72. The second-order valence-corrected chi connectivity index (χ2v) is 7.98. The Morgan fingerprint density at radius 1 is 1.18 bits per heavy atom. The van der Waals surface area contributed by atoms with Crippen molar-refractivity contribution in [3.8, 4) is 0 Å². The van der Waals surface area contributed by atoms with Crippen LogP contribution in [0.25, 0.3) is 0 Å². The zero-order chi connectivity index (χ0) is 19.2. The van der Waals surface area contributed by atoms with Crippen molar-refractivity contribution in [2.24, 2.45) is 5.92 Å². The predicted octanol–water partition coefficient (Wildman–Crippen LogP) is 3.53. The first-order valence-electron chi connectivity index (χ1n) is 9.64. The summed E-state index contributed by atoms with van der Waals surface area (Å²) < 4.78 is 4.18. The van der Waals surface area contributed by atoms with Gasteiger partial charge in [0.05, 0.1) is 12.2 Å².